The van der Waals surface area contributed by atoms with E-state index in [0.717, 1.165) is 0 Å². The molecule has 3 N–H and O–H groups in total. The fraction of sp³-hybridized carbons (Fsp3) is 0.417. The zero-order valence-electron chi connectivity index (χ0n) is 10.2. The van der Waals surface area contributed by atoms with Gasteiger partial charge in [0.05, 0.1) is 17.7 Å². The number of benzene rings is 1. The molecular weight excluding hydrogens is 240 g/mol. The van der Waals surface area contributed by atoms with E-state index in [-0.39, 0.29) is 5.91 Å². The highest BCUT2D eigenvalue weighted by molar-refractivity contribution is 6.31. The summed E-state index contributed by atoms with van der Waals surface area (Å²) in [4.78, 5) is 12.0. The fourth-order valence-corrected chi connectivity index (χ4v) is 1.69. The van der Waals surface area contributed by atoms with Crippen molar-refractivity contribution in [2.45, 2.75) is 19.4 Å². The molecule has 0 unspecified atom stereocenters. The minimum Gasteiger partial charge on any atom is -0.398 e. The highest BCUT2D eigenvalue weighted by Crippen LogP contribution is 2.18. The molecule has 0 aromatic heterocycles. The van der Waals surface area contributed by atoms with Crippen LogP contribution >= 0.6 is 11.6 Å². The van der Waals surface area contributed by atoms with Crippen LogP contribution in [-0.2, 0) is 4.74 Å². The van der Waals surface area contributed by atoms with E-state index >= 15 is 0 Å². The first-order valence-corrected chi connectivity index (χ1v) is 5.60. The molecule has 1 rings (SSSR count). The predicted octanol–water partition coefficient (Wildman–Crippen LogP) is 2.08. The molecule has 17 heavy (non-hydrogen) atoms. The quantitative estimate of drug-likeness (QED) is 0.811. The van der Waals surface area contributed by atoms with Gasteiger partial charge in [0.2, 0.25) is 0 Å². The van der Waals surface area contributed by atoms with Crippen LogP contribution in [0.2, 0.25) is 5.02 Å². The second kappa shape index (κ2) is 5.38. The number of halogens is 1. The standard InChI is InChI=1S/C12H17ClN2O2/c1-12(2,7-17-3)15-11(16)9-5-4-8(13)6-10(9)14/h4-6H,7,14H2,1-3H3,(H,15,16). The van der Waals surface area contributed by atoms with Crippen LogP contribution < -0.4 is 11.1 Å². The summed E-state index contributed by atoms with van der Waals surface area (Å²) in [5, 5.41) is 3.36. The summed E-state index contributed by atoms with van der Waals surface area (Å²) in [5.74, 6) is -0.235. The smallest absolute Gasteiger partial charge is 0.253 e. The van der Waals surface area contributed by atoms with Gasteiger partial charge in [-0.2, -0.15) is 0 Å². The number of nitrogen functional groups attached to an aromatic ring is 1. The summed E-state index contributed by atoms with van der Waals surface area (Å²) in [6, 6.07) is 4.80. The van der Waals surface area contributed by atoms with E-state index in [2.05, 4.69) is 5.32 Å². The Morgan fingerprint density at radius 1 is 1.53 bits per heavy atom. The first-order valence-electron chi connectivity index (χ1n) is 5.22. The van der Waals surface area contributed by atoms with Gasteiger partial charge in [-0.1, -0.05) is 11.6 Å². The third-order valence-corrected chi connectivity index (χ3v) is 2.45. The van der Waals surface area contributed by atoms with Crippen molar-refractivity contribution < 1.29 is 9.53 Å². The lowest BCUT2D eigenvalue weighted by Crippen LogP contribution is -2.46. The van der Waals surface area contributed by atoms with E-state index in [9.17, 15) is 4.79 Å². The van der Waals surface area contributed by atoms with Crippen molar-refractivity contribution in [3.8, 4) is 0 Å². The molecule has 0 aliphatic rings. The number of amides is 1. The number of anilines is 1. The minimum atomic E-state index is -0.447. The SMILES string of the molecule is COCC(C)(C)NC(=O)c1ccc(Cl)cc1N. The van der Waals surface area contributed by atoms with E-state index in [1.807, 2.05) is 13.8 Å². The van der Waals surface area contributed by atoms with Gasteiger partial charge in [-0.25, -0.2) is 0 Å². The molecule has 1 aromatic carbocycles. The van der Waals surface area contributed by atoms with E-state index < -0.39 is 5.54 Å². The number of hydrogen-bond donors (Lipinski definition) is 2. The maximum atomic E-state index is 12.0. The Morgan fingerprint density at radius 3 is 2.71 bits per heavy atom. The number of hydrogen-bond acceptors (Lipinski definition) is 3. The molecule has 0 fully saturated rings. The van der Waals surface area contributed by atoms with Crippen LogP contribution in [0.25, 0.3) is 0 Å². The van der Waals surface area contributed by atoms with Crippen LogP contribution in [0.15, 0.2) is 18.2 Å². The number of nitrogens with one attached hydrogen (secondary N) is 1. The van der Waals surface area contributed by atoms with Gasteiger partial charge >= 0.3 is 0 Å². The number of carbonyl (C=O) groups is 1. The van der Waals surface area contributed by atoms with Crippen molar-refractivity contribution in [2.75, 3.05) is 19.5 Å². The Hall–Kier alpha value is -1.26. The van der Waals surface area contributed by atoms with Crippen LogP contribution in [-0.4, -0.2) is 25.2 Å². The Kier molecular flexibility index (Phi) is 4.37. The maximum Gasteiger partial charge on any atom is 0.253 e. The van der Waals surface area contributed by atoms with E-state index in [0.29, 0.717) is 22.9 Å². The lowest BCUT2D eigenvalue weighted by Gasteiger charge is -2.25. The Morgan fingerprint density at radius 2 is 2.18 bits per heavy atom. The largest absolute Gasteiger partial charge is 0.398 e. The normalized spacial score (nSPS) is 11.3. The molecule has 0 radical (unpaired) electrons. The Bertz CT molecular complexity index is 419. The van der Waals surface area contributed by atoms with Gasteiger partial charge in [0.1, 0.15) is 0 Å². The monoisotopic (exact) mass is 256 g/mol. The van der Waals surface area contributed by atoms with Gasteiger partial charge in [-0.3, -0.25) is 4.79 Å². The van der Waals surface area contributed by atoms with Gasteiger partial charge in [0.15, 0.2) is 0 Å². The Labute approximate surface area is 106 Å². The summed E-state index contributed by atoms with van der Waals surface area (Å²) in [6.07, 6.45) is 0. The number of rotatable bonds is 4. The van der Waals surface area contributed by atoms with Gasteiger partial charge in [0, 0.05) is 17.8 Å². The number of ether oxygens (including phenoxy) is 1. The molecule has 5 heteroatoms. The van der Waals surface area contributed by atoms with E-state index in [1.165, 1.54) is 0 Å². The molecule has 0 atom stereocenters. The predicted molar refractivity (Wildman–Crippen MR) is 69.3 cm³/mol. The second-order valence-electron chi connectivity index (χ2n) is 4.50. The lowest BCUT2D eigenvalue weighted by molar-refractivity contribution is 0.0821. The number of carbonyl (C=O) groups excluding carboxylic acids is 1. The van der Waals surface area contributed by atoms with Crippen molar-refractivity contribution in [1.29, 1.82) is 0 Å². The summed E-state index contributed by atoms with van der Waals surface area (Å²) >= 11 is 5.77. The summed E-state index contributed by atoms with van der Waals surface area (Å²) in [7, 11) is 1.59. The van der Waals surface area contributed by atoms with Gasteiger partial charge < -0.3 is 15.8 Å². The van der Waals surface area contributed by atoms with Gasteiger partial charge in [0.25, 0.3) is 5.91 Å². The molecular formula is C12H17ClN2O2. The summed E-state index contributed by atoms with van der Waals surface area (Å²) in [5.41, 5.74) is 6.07. The minimum absolute atomic E-state index is 0.235. The third-order valence-electron chi connectivity index (χ3n) is 2.22. The second-order valence-corrected chi connectivity index (χ2v) is 4.94. The maximum absolute atomic E-state index is 12.0. The van der Waals surface area contributed by atoms with Crippen molar-refractivity contribution in [3.05, 3.63) is 28.8 Å². The van der Waals surface area contributed by atoms with Gasteiger partial charge in [-0.15, -0.1) is 0 Å². The molecule has 0 saturated heterocycles. The number of nitrogens with two attached hydrogens (primary N) is 1. The van der Waals surface area contributed by atoms with Crippen LogP contribution in [0.4, 0.5) is 5.69 Å². The van der Waals surface area contributed by atoms with Crippen molar-refractivity contribution in [3.63, 3.8) is 0 Å². The van der Waals surface area contributed by atoms with Crippen LogP contribution in [0, 0.1) is 0 Å². The van der Waals surface area contributed by atoms with Crippen molar-refractivity contribution in [1.82, 2.24) is 5.32 Å². The fourth-order valence-electron chi connectivity index (χ4n) is 1.51. The summed E-state index contributed by atoms with van der Waals surface area (Å²) in [6.45, 7) is 4.17. The van der Waals surface area contributed by atoms with Gasteiger partial charge in [-0.05, 0) is 32.0 Å². The highest BCUT2D eigenvalue weighted by atomic mass is 35.5. The third kappa shape index (κ3) is 3.91. The van der Waals surface area contributed by atoms with Crippen LogP contribution in [0.5, 0.6) is 0 Å². The highest BCUT2D eigenvalue weighted by Gasteiger charge is 2.22. The molecule has 0 bridgehead atoms. The van der Waals surface area contributed by atoms with E-state index in [1.54, 1.807) is 25.3 Å². The van der Waals surface area contributed by atoms with E-state index in [4.69, 9.17) is 22.1 Å². The first kappa shape index (κ1) is 13.8. The molecule has 94 valence electrons. The molecule has 4 nitrogen and oxygen atoms in total. The lowest BCUT2D eigenvalue weighted by atomic mass is 10.1. The van der Waals surface area contributed by atoms with Crippen LogP contribution in [0.1, 0.15) is 24.2 Å². The molecule has 0 saturated carbocycles. The van der Waals surface area contributed by atoms with Crippen molar-refractivity contribution >= 4 is 23.2 Å². The molecule has 0 aliphatic heterocycles. The van der Waals surface area contributed by atoms with Crippen molar-refractivity contribution in [2.24, 2.45) is 0 Å². The zero-order chi connectivity index (χ0) is 13.1. The molecule has 0 aliphatic carbocycles. The summed E-state index contributed by atoms with van der Waals surface area (Å²) < 4.78 is 5.03. The average molecular weight is 257 g/mol. The Balaban J connectivity index is 2.83. The molecule has 1 amide bonds. The topological polar surface area (TPSA) is 64.3 Å². The molecule has 1 aromatic rings. The molecule has 0 spiro atoms. The zero-order valence-corrected chi connectivity index (χ0v) is 11.0. The average Bonchev–Trinajstić information content (AvgIpc) is 2.15. The van der Waals surface area contributed by atoms with Crippen LogP contribution in [0.3, 0.4) is 0 Å². The molecule has 0 heterocycles. The number of methoxy groups -OCH3 is 1. The first-order chi connectivity index (χ1) is 7.85.